The van der Waals surface area contributed by atoms with Crippen molar-refractivity contribution in [2.75, 3.05) is 13.1 Å². The lowest BCUT2D eigenvalue weighted by Crippen LogP contribution is -2.35. The standard InChI is InChI=1S/C11H17BrN2O/c1-8-3-2-5-14(8)10(7-13)11-9(12)4-6-15-11/h4,6,8,10H,2-3,5,7,13H2,1H3. The van der Waals surface area contributed by atoms with Crippen molar-refractivity contribution in [2.45, 2.75) is 31.8 Å². The highest BCUT2D eigenvalue weighted by molar-refractivity contribution is 9.10. The van der Waals surface area contributed by atoms with E-state index in [0.717, 1.165) is 16.8 Å². The molecule has 15 heavy (non-hydrogen) atoms. The van der Waals surface area contributed by atoms with Gasteiger partial charge in [0.1, 0.15) is 5.76 Å². The molecule has 0 radical (unpaired) electrons. The number of hydrogen-bond donors (Lipinski definition) is 1. The Bertz CT molecular complexity index is 326. The first-order valence-corrected chi connectivity index (χ1v) is 6.22. The lowest BCUT2D eigenvalue weighted by molar-refractivity contribution is 0.172. The molecule has 2 rings (SSSR count). The number of rotatable bonds is 3. The molecule has 3 nitrogen and oxygen atoms in total. The molecule has 2 N–H and O–H groups in total. The highest BCUT2D eigenvalue weighted by Crippen LogP contribution is 2.32. The van der Waals surface area contributed by atoms with Crippen LogP contribution in [-0.2, 0) is 0 Å². The van der Waals surface area contributed by atoms with Crippen molar-refractivity contribution in [1.82, 2.24) is 4.90 Å². The summed E-state index contributed by atoms with van der Waals surface area (Å²) in [5.74, 6) is 0.964. The number of nitrogens with zero attached hydrogens (tertiary/aromatic N) is 1. The lowest BCUT2D eigenvalue weighted by Gasteiger charge is -2.29. The second kappa shape index (κ2) is 4.68. The van der Waals surface area contributed by atoms with Gasteiger partial charge in [-0.3, -0.25) is 4.90 Å². The number of hydrogen-bond acceptors (Lipinski definition) is 3. The number of halogens is 1. The molecular weight excluding hydrogens is 256 g/mol. The minimum Gasteiger partial charge on any atom is -0.466 e. The van der Waals surface area contributed by atoms with Crippen LogP contribution in [0, 0.1) is 0 Å². The number of nitrogens with two attached hydrogens (primary N) is 1. The van der Waals surface area contributed by atoms with Gasteiger partial charge in [0.25, 0.3) is 0 Å². The first-order valence-electron chi connectivity index (χ1n) is 5.42. The molecule has 0 amide bonds. The summed E-state index contributed by atoms with van der Waals surface area (Å²) in [5.41, 5.74) is 5.85. The molecule has 1 saturated heterocycles. The first kappa shape index (κ1) is 11.2. The van der Waals surface area contributed by atoms with E-state index in [1.165, 1.54) is 12.8 Å². The van der Waals surface area contributed by atoms with Crippen molar-refractivity contribution in [3.8, 4) is 0 Å². The molecular formula is C11H17BrN2O. The molecule has 2 atom stereocenters. The van der Waals surface area contributed by atoms with E-state index in [-0.39, 0.29) is 6.04 Å². The predicted molar refractivity (Wildman–Crippen MR) is 63.6 cm³/mol. The third kappa shape index (κ3) is 2.12. The van der Waals surface area contributed by atoms with Crippen LogP contribution in [0.25, 0.3) is 0 Å². The van der Waals surface area contributed by atoms with Crippen molar-refractivity contribution in [2.24, 2.45) is 5.73 Å². The third-order valence-electron chi connectivity index (χ3n) is 3.18. The molecule has 2 heterocycles. The predicted octanol–water partition coefficient (Wildman–Crippen LogP) is 2.53. The van der Waals surface area contributed by atoms with Crippen molar-refractivity contribution in [3.63, 3.8) is 0 Å². The zero-order valence-corrected chi connectivity index (χ0v) is 10.5. The Labute approximate surface area is 98.7 Å². The monoisotopic (exact) mass is 272 g/mol. The molecule has 0 bridgehead atoms. The Hall–Kier alpha value is -0.320. The molecule has 1 fully saturated rings. The summed E-state index contributed by atoms with van der Waals surface area (Å²) in [7, 11) is 0. The Morgan fingerprint density at radius 3 is 3.00 bits per heavy atom. The molecule has 4 heteroatoms. The highest BCUT2D eigenvalue weighted by Gasteiger charge is 2.30. The summed E-state index contributed by atoms with van der Waals surface area (Å²) in [6.45, 7) is 3.99. The van der Waals surface area contributed by atoms with Gasteiger partial charge in [-0.05, 0) is 48.3 Å². The Morgan fingerprint density at radius 1 is 1.73 bits per heavy atom. The van der Waals surface area contributed by atoms with Crippen LogP contribution in [0.3, 0.4) is 0 Å². The fourth-order valence-corrected chi connectivity index (χ4v) is 2.82. The zero-order chi connectivity index (χ0) is 10.8. The van der Waals surface area contributed by atoms with Gasteiger partial charge in [0, 0.05) is 12.6 Å². The molecule has 0 saturated carbocycles. The number of furan rings is 1. The van der Waals surface area contributed by atoms with Gasteiger partial charge in [-0.25, -0.2) is 0 Å². The van der Waals surface area contributed by atoms with Crippen LogP contribution >= 0.6 is 15.9 Å². The van der Waals surface area contributed by atoms with E-state index in [9.17, 15) is 0 Å². The minimum atomic E-state index is 0.215. The summed E-state index contributed by atoms with van der Waals surface area (Å²) < 4.78 is 6.53. The van der Waals surface area contributed by atoms with E-state index < -0.39 is 0 Å². The normalized spacial score (nSPS) is 24.6. The fourth-order valence-electron chi connectivity index (χ4n) is 2.35. The second-order valence-corrected chi connectivity index (χ2v) is 4.97. The van der Waals surface area contributed by atoms with Crippen molar-refractivity contribution < 1.29 is 4.42 Å². The van der Waals surface area contributed by atoms with Gasteiger partial charge >= 0.3 is 0 Å². The van der Waals surface area contributed by atoms with E-state index in [0.29, 0.717) is 12.6 Å². The third-order valence-corrected chi connectivity index (χ3v) is 3.83. The van der Waals surface area contributed by atoms with E-state index in [2.05, 4.69) is 27.8 Å². The van der Waals surface area contributed by atoms with Gasteiger partial charge < -0.3 is 10.2 Å². The minimum absolute atomic E-state index is 0.215. The molecule has 0 aromatic carbocycles. The maximum Gasteiger partial charge on any atom is 0.136 e. The van der Waals surface area contributed by atoms with Crippen molar-refractivity contribution >= 4 is 15.9 Å². The molecule has 84 valence electrons. The van der Waals surface area contributed by atoms with Crippen LogP contribution in [0.1, 0.15) is 31.6 Å². The van der Waals surface area contributed by atoms with Gasteiger partial charge in [0.05, 0.1) is 16.8 Å². The molecule has 1 aliphatic rings. The van der Waals surface area contributed by atoms with Crippen LogP contribution in [0.4, 0.5) is 0 Å². The lowest BCUT2D eigenvalue weighted by atomic mass is 10.1. The van der Waals surface area contributed by atoms with Crippen LogP contribution in [0.5, 0.6) is 0 Å². The van der Waals surface area contributed by atoms with E-state index in [1.54, 1.807) is 6.26 Å². The highest BCUT2D eigenvalue weighted by atomic mass is 79.9. The first-order chi connectivity index (χ1) is 7.24. The Kier molecular flexibility index (Phi) is 3.49. The number of likely N-dealkylation sites (tertiary alicyclic amines) is 1. The van der Waals surface area contributed by atoms with Gasteiger partial charge in [-0.2, -0.15) is 0 Å². The molecule has 0 spiro atoms. The van der Waals surface area contributed by atoms with Crippen LogP contribution < -0.4 is 5.73 Å². The summed E-state index contributed by atoms with van der Waals surface area (Å²) in [4.78, 5) is 2.43. The summed E-state index contributed by atoms with van der Waals surface area (Å²) in [6.07, 6.45) is 4.23. The summed E-state index contributed by atoms with van der Waals surface area (Å²) in [5, 5.41) is 0. The van der Waals surface area contributed by atoms with Gasteiger partial charge in [-0.15, -0.1) is 0 Å². The van der Waals surface area contributed by atoms with Gasteiger partial charge in [-0.1, -0.05) is 0 Å². The summed E-state index contributed by atoms with van der Waals surface area (Å²) >= 11 is 3.50. The van der Waals surface area contributed by atoms with Gasteiger partial charge in [0.2, 0.25) is 0 Å². The van der Waals surface area contributed by atoms with Crippen LogP contribution in [0.2, 0.25) is 0 Å². The average molecular weight is 273 g/mol. The quantitative estimate of drug-likeness (QED) is 0.920. The Morgan fingerprint density at radius 2 is 2.53 bits per heavy atom. The second-order valence-electron chi connectivity index (χ2n) is 4.11. The molecule has 0 aliphatic carbocycles. The smallest absolute Gasteiger partial charge is 0.136 e. The molecule has 1 aliphatic heterocycles. The maximum atomic E-state index is 5.85. The van der Waals surface area contributed by atoms with Crippen LogP contribution in [0.15, 0.2) is 21.2 Å². The van der Waals surface area contributed by atoms with E-state index >= 15 is 0 Å². The van der Waals surface area contributed by atoms with Gasteiger partial charge in [0.15, 0.2) is 0 Å². The van der Waals surface area contributed by atoms with Crippen molar-refractivity contribution in [3.05, 3.63) is 22.6 Å². The molecule has 1 aromatic rings. The van der Waals surface area contributed by atoms with E-state index in [1.807, 2.05) is 6.07 Å². The largest absolute Gasteiger partial charge is 0.466 e. The Balaban J connectivity index is 2.20. The summed E-state index contributed by atoms with van der Waals surface area (Å²) in [6, 6.07) is 2.75. The fraction of sp³-hybridized carbons (Fsp3) is 0.636. The molecule has 1 aromatic heterocycles. The van der Waals surface area contributed by atoms with E-state index in [4.69, 9.17) is 10.2 Å². The van der Waals surface area contributed by atoms with Crippen LogP contribution in [-0.4, -0.2) is 24.0 Å². The maximum absolute atomic E-state index is 5.85. The van der Waals surface area contributed by atoms with Crippen molar-refractivity contribution in [1.29, 1.82) is 0 Å². The zero-order valence-electron chi connectivity index (χ0n) is 8.95. The topological polar surface area (TPSA) is 42.4 Å². The molecule has 2 unspecified atom stereocenters. The SMILES string of the molecule is CC1CCCN1C(CN)c1occc1Br. The average Bonchev–Trinajstić information content (AvgIpc) is 2.80.